The van der Waals surface area contributed by atoms with E-state index < -0.39 is 29.6 Å². The summed E-state index contributed by atoms with van der Waals surface area (Å²) in [5.41, 5.74) is 0.881. The summed E-state index contributed by atoms with van der Waals surface area (Å²) in [6.45, 7) is 1.96. The average Bonchev–Trinajstić information content (AvgIpc) is 3.00. The largest absolute Gasteiger partial charge is 0.466 e. The zero-order valence-electron chi connectivity index (χ0n) is 13.5. The first-order valence-corrected chi connectivity index (χ1v) is 8.73. The topological polar surface area (TPSA) is 38.7 Å². The molecule has 130 valence electrons. The number of hydrogen-bond acceptors (Lipinski definition) is 3. The maximum absolute atomic E-state index is 14.1. The van der Waals surface area contributed by atoms with Crippen molar-refractivity contribution in [3.63, 3.8) is 0 Å². The average molecular weight is 408 g/mol. The van der Waals surface area contributed by atoms with E-state index in [2.05, 4.69) is 20.9 Å². The number of hydrogen-bond donors (Lipinski definition) is 0. The van der Waals surface area contributed by atoms with Crippen LogP contribution in [0.2, 0.25) is 0 Å². The van der Waals surface area contributed by atoms with Gasteiger partial charge in [0.25, 0.3) is 0 Å². The number of aliphatic imine (C=N–C) groups is 1. The van der Waals surface area contributed by atoms with Gasteiger partial charge in [0.15, 0.2) is 0 Å². The van der Waals surface area contributed by atoms with E-state index in [4.69, 9.17) is 4.74 Å². The van der Waals surface area contributed by atoms with Crippen LogP contribution in [0.3, 0.4) is 0 Å². The Hall–Kier alpha value is -2.08. The highest BCUT2D eigenvalue weighted by molar-refractivity contribution is 9.10. The lowest BCUT2D eigenvalue weighted by Gasteiger charge is -2.16. The summed E-state index contributed by atoms with van der Waals surface area (Å²) in [6, 6.07) is 10.5. The molecule has 0 aliphatic carbocycles. The Balaban J connectivity index is 2.02. The van der Waals surface area contributed by atoms with Crippen molar-refractivity contribution < 1.29 is 18.3 Å². The number of benzene rings is 2. The maximum atomic E-state index is 14.1. The van der Waals surface area contributed by atoms with Crippen molar-refractivity contribution >= 4 is 27.6 Å². The van der Waals surface area contributed by atoms with Gasteiger partial charge in [-0.15, -0.1) is 0 Å². The molecule has 3 nitrogen and oxygen atoms in total. The minimum Gasteiger partial charge on any atom is -0.466 e. The lowest BCUT2D eigenvalue weighted by atomic mass is 9.91. The van der Waals surface area contributed by atoms with Crippen LogP contribution in [0.1, 0.15) is 30.5 Å². The molecule has 0 spiro atoms. The summed E-state index contributed by atoms with van der Waals surface area (Å²) in [6.07, 6.45) is 0.136. The molecule has 3 rings (SSSR count). The van der Waals surface area contributed by atoms with Crippen LogP contribution in [0.25, 0.3) is 0 Å². The Morgan fingerprint density at radius 3 is 2.44 bits per heavy atom. The van der Waals surface area contributed by atoms with Crippen molar-refractivity contribution in [3.05, 3.63) is 69.7 Å². The van der Waals surface area contributed by atoms with Gasteiger partial charge in [-0.2, -0.15) is 0 Å². The van der Waals surface area contributed by atoms with Crippen LogP contribution < -0.4 is 0 Å². The molecule has 0 amide bonds. The minimum absolute atomic E-state index is 0.136. The van der Waals surface area contributed by atoms with E-state index in [1.54, 1.807) is 6.92 Å². The monoisotopic (exact) mass is 407 g/mol. The number of ether oxygens (including phenoxy) is 1. The van der Waals surface area contributed by atoms with E-state index in [1.807, 2.05) is 24.3 Å². The molecular formula is C19H16BrF2NO2. The van der Waals surface area contributed by atoms with Crippen LogP contribution in [-0.2, 0) is 9.53 Å². The minimum atomic E-state index is -0.683. The van der Waals surface area contributed by atoms with Crippen molar-refractivity contribution in [2.45, 2.75) is 19.4 Å². The molecule has 0 N–H and O–H groups in total. The van der Waals surface area contributed by atoms with Gasteiger partial charge in [0, 0.05) is 16.6 Å². The van der Waals surface area contributed by atoms with Gasteiger partial charge in [-0.05, 0) is 36.8 Å². The number of carbonyl (C=O) groups is 1. The molecule has 0 aromatic heterocycles. The number of halogens is 3. The van der Waals surface area contributed by atoms with E-state index in [0.29, 0.717) is 0 Å². The van der Waals surface area contributed by atoms with Gasteiger partial charge in [-0.25, -0.2) is 8.78 Å². The summed E-state index contributed by atoms with van der Waals surface area (Å²) in [5.74, 6) is -2.38. The van der Waals surface area contributed by atoms with E-state index in [9.17, 15) is 13.6 Å². The molecule has 1 aliphatic rings. The van der Waals surface area contributed by atoms with E-state index >= 15 is 0 Å². The highest BCUT2D eigenvalue weighted by Gasteiger charge is 2.38. The van der Waals surface area contributed by atoms with Gasteiger partial charge in [0.05, 0.1) is 24.1 Å². The number of carbonyl (C=O) groups excluding carboxylic acids is 1. The fourth-order valence-electron chi connectivity index (χ4n) is 3.00. The van der Waals surface area contributed by atoms with Gasteiger partial charge in [0.1, 0.15) is 11.6 Å². The zero-order chi connectivity index (χ0) is 18.0. The molecule has 0 saturated carbocycles. The SMILES string of the molecule is CCOC(=O)[C@H]1CC(c2c(F)cccc2F)=N[C@H]1c1ccc(Br)cc1. The smallest absolute Gasteiger partial charge is 0.311 e. The molecule has 0 bridgehead atoms. The number of esters is 1. The molecule has 2 aromatic carbocycles. The molecule has 2 aromatic rings. The Morgan fingerprint density at radius 2 is 1.84 bits per heavy atom. The van der Waals surface area contributed by atoms with Gasteiger partial charge in [-0.1, -0.05) is 34.1 Å². The predicted molar refractivity (Wildman–Crippen MR) is 94.5 cm³/mol. The second-order valence-electron chi connectivity index (χ2n) is 5.73. The van der Waals surface area contributed by atoms with E-state index in [0.717, 1.165) is 10.0 Å². The van der Waals surface area contributed by atoms with Crippen molar-refractivity contribution in [1.29, 1.82) is 0 Å². The lowest BCUT2D eigenvalue weighted by Crippen LogP contribution is -2.22. The molecule has 25 heavy (non-hydrogen) atoms. The standard InChI is InChI=1S/C19H16BrF2NO2/c1-2-25-19(24)13-10-16(17-14(21)4-3-5-15(17)22)23-18(13)11-6-8-12(20)9-7-11/h3-9,13,18H,2,10H2,1H3/t13-,18-/m0/s1. The van der Waals surface area contributed by atoms with Crippen LogP contribution in [-0.4, -0.2) is 18.3 Å². The summed E-state index contributed by atoms with van der Waals surface area (Å²) in [7, 11) is 0. The molecule has 0 saturated heterocycles. The zero-order valence-corrected chi connectivity index (χ0v) is 15.1. The molecule has 0 unspecified atom stereocenters. The van der Waals surface area contributed by atoms with Gasteiger partial charge in [-0.3, -0.25) is 9.79 Å². The molecule has 6 heteroatoms. The summed E-state index contributed by atoms with van der Waals surface area (Å²) in [5, 5.41) is 0. The van der Waals surface area contributed by atoms with Gasteiger partial charge in [0.2, 0.25) is 0 Å². The fourth-order valence-corrected chi connectivity index (χ4v) is 3.26. The first kappa shape index (κ1) is 17.7. The number of nitrogens with zero attached hydrogens (tertiary/aromatic N) is 1. The third-order valence-corrected chi connectivity index (χ3v) is 4.67. The van der Waals surface area contributed by atoms with E-state index in [-0.39, 0.29) is 24.3 Å². The molecule has 0 radical (unpaired) electrons. The van der Waals surface area contributed by atoms with Crippen molar-refractivity contribution in [3.8, 4) is 0 Å². The first-order valence-electron chi connectivity index (χ1n) is 7.94. The van der Waals surface area contributed by atoms with Gasteiger partial charge < -0.3 is 4.74 Å². The molecule has 1 aliphatic heterocycles. The van der Waals surface area contributed by atoms with Crippen LogP contribution in [0, 0.1) is 17.6 Å². The summed E-state index contributed by atoms with van der Waals surface area (Å²) >= 11 is 3.36. The lowest BCUT2D eigenvalue weighted by molar-refractivity contribution is -0.148. The highest BCUT2D eigenvalue weighted by Crippen LogP contribution is 2.38. The normalized spacial score (nSPS) is 19.6. The molecule has 2 atom stereocenters. The van der Waals surface area contributed by atoms with Crippen molar-refractivity contribution in [1.82, 2.24) is 0 Å². The third kappa shape index (κ3) is 3.63. The van der Waals surface area contributed by atoms with Gasteiger partial charge >= 0.3 is 5.97 Å². The fraction of sp³-hybridized carbons (Fsp3) is 0.263. The van der Waals surface area contributed by atoms with Crippen LogP contribution in [0.5, 0.6) is 0 Å². The summed E-state index contributed by atoms with van der Waals surface area (Å²) < 4.78 is 34.3. The van der Waals surface area contributed by atoms with Crippen molar-refractivity contribution in [2.75, 3.05) is 6.61 Å². The van der Waals surface area contributed by atoms with Crippen LogP contribution in [0.15, 0.2) is 51.9 Å². The number of rotatable bonds is 4. The Bertz CT molecular complexity index is 800. The maximum Gasteiger partial charge on any atom is 0.311 e. The van der Waals surface area contributed by atoms with Crippen LogP contribution in [0.4, 0.5) is 8.78 Å². The quantitative estimate of drug-likeness (QED) is 0.680. The molecule has 0 fully saturated rings. The Morgan fingerprint density at radius 1 is 1.20 bits per heavy atom. The first-order chi connectivity index (χ1) is 12.0. The third-order valence-electron chi connectivity index (χ3n) is 4.14. The summed E-state index contributed by atoms with van der Waals surface area (Å²) in [4.78, 5) is 16.8. The van der Waals surface area contributed by atoms with Crippen molar-refractivity contribution in [2.24, 2.45) is 10.9 Å². The Labute approximate surface area is 152 Å². The Kier molecular flexibility index (Phi) is 5.27. The second kappa shape index (κ2) is 7.44. The molecule has 1 heterocycles. The van der Waals surface area contributed by atoms with E-state index in [1.165, 1.54) is 18.2 Å². The van der Waals surface area contributed by atoms with Crippen LogP contribution >= 0.6 is 15.9 Å². The predicted octanol–water partition coefficient (Wildman–Crippen LogP) is 4.84. The second-order valence-corrected chi connectivity index (χ2v) is 6.65. The molecular weight excluding hydrogens is 392 g/mol. The highest BCUT2D eigenvalue weighted by atomic mass is 79.9.